The fourth-order valence-electron chi connectivity index (χ4n) is 2.55. The van der Waals surface area contributed by atoms with E-state index in [9.17, 15) is 9.90 Å². The molecule has 0 heterocycles. The van der Waals surface area contributed by atoms with Crippen LogP contribution in [0, 0.1) is 11.3 Å². The molecule has 1 saturated carbocycles. The first-order valence-corrected chi connectivity index (χ1v) is 6.44. The third-order valence-corrected chi connectivity index (χ3v) is 3.93. The van der Waals surface area contributed by atoms with Gasteiger partial charge in [-0.1, -0.05) is 33.6 Å². The standard InChI is InChI=1S/C13H25NO2/c1-4-6-10(2)12(16)14-11-7-5-8-13(11,3)9-15/h10-11,15H,4-9H2,1-3H3,(H,14,16). The zero-order chi connectivity index (χ0) is 12.2. The molecule has 2 N–H and O–H groups in total. The zero-order valence-electron chi connectivity index (χ0n) is 10.8. The summed E-state index contributed by atoms with van der Waals surface area (Å²) < 4.78 is 0. The molecule has 0 spiro atoms. The van der Waals surface area contributed by atoms with E-state index in [0.29, 0.717) is 0 Å². The molecule has 3 atom stereocenters. The van der Waals surface area contributed by atoms with E-state index in [1.54, 1.807) is 0 Å². The molecule has 0 aromatic rings. The van der Waals surface area contributed by atoms with Crippen molar-refractivity contribution >= 4 is 5.91 Å². The first-order valence-electron chi connectivity index (χ1n) is 6.44. The largest absolute Gasteiger partial charge is 0.396 e. The Morgan fingerprint density at radius 1 is 1.62 bits per heavy atom. The lowest BCUT2D eigenvalue weighted by atomic mass is 9.85. The predicted molar refractivity (Wildman–Crippen MR) is 65.0 cm³/mol. The minimum atomic E-state index is -0.110. The minimum Gasteiger partial charge on any atom is -0.396 e. The van der Waals surface area contributed by atoms with Crippen LogP contribution in [0.2, 0.25) is 0 Å². The highest BCUT2D eigenvalue weighted by Gasteiger charge is 2.39. The van der Waals surface area contributed by atoms with Crippen LogP contribution in [0.4, 0.5) is 0 Å². The van der Waals surface area contributed by atoms with Gasteiger partial charge in [-0.2, -0.15) is 0 Å². The number of aliphatic hydroxyl groups excluding tert-OH is 1. The molecule has 0 aromatic heterocycles. The minimum absolute atomic E-state index is 0.0912. The molecular formula is C13H25NO2. The number of hydrogen-bond acceptors (Lipinski definition) is 2. The van der Waals surface area contributed by atoms with Crippen LogP contribution in [0.15, 0.2) is 0 Å². The molecule has 0 aromatic carbocycles. The third-order valence-electron chi connectivity index (χ3n) is 3.93. The van der Waals surface area contributed by atoms with E-state index in [2.05, 4.69) is 19.2 Å². The van der Waals surface area contributed by atoms with Crippen LogP contribution in [0.5, 0.6) is 0 Å². The fourth-order valence-corrected chi connectivity index (χ4v) is 2.55. The van der Waals surface area contributed by atoms with Gasteiger partial charge in [0.1, 0.15) is 0 Å². The van der Waals surface area contributed by atoms with Gasteiger partial charge in [0.2, 0.25) is 5.91 Å². The Hall–Kier alpha value is -0.570. The average Bonchev–Trinajstić information content (AvgIpc) is 2.61. The maximum Gasteiger partial charge on any atom is 0.223 e. The molecule has 3 nitrogen and oxygen atoms in total. The third kappa shape index (κ3) is 2.97. The van der Waals surface area contributed by atoms with Crippen molar-refractivity contribution in [3.05, 3.63) is 0 Å². The van der Waals surface area contributed by atoms with Gasteiger partial charge in [0, 0.05) is 17.4 Å². The molecule has 1 rings (SSSR count). The SMILES string of the molecule is CCCC(C)C(=O)NC1CCCC1(C)CO. The van der Waals surface area contributed by atoms with E-state index in [1.165, 1.54) is 0 Å². The summed E-state index contributed by atoms with van der Waals surface area (Å²) in [6, 6.07) is 0.157. The fraction of sp³-hybridized carbons (Fsp3) is 0.923. The lowest BCUT2D eigenvalue weighted by Crippen LogP contribution is -2.46. The summed E-state index contributed by atoms with van der Waals surface area (Å²) in [5.41, 5.74) is -0.110. The van der Waals surface area contributed by atoms with E-state index >= 15 is 0 Å². The van der Waals surface area contributed by atoms with Crippen molar-refractivity contribution < 1.29 is 9.90 Å². The summed E-state index contributed by atoms with van der Waals surface area (Å²) in [5.74, 6) is 0.238. The van der Waals surface area contributed by atoms with Crippen molar-refractivity contribution in [2.45, 2.75) is 58.9 Å². The number of carbonyl (C=O) groups is 1. The molecule has 0 aliphatic heterocycles. The molecular weight excluding hydrogens is 202 g/mol. The molecule has 0 radical (unpaired) electrons. The van der Waals surface area contributed by atoms with Gasteiger partial charge in [-0.15, -0.1) is 0 Å². The monoisotopic (exact) mass is 227 g/mol. The lowest BCUT2D eigenvalue weighted by Gasteiger charge is -2.31. The van der Waals surface area contributed by atoms with Crippen molar-refractivity contribution in [1.29, 1.82) is 0 Å². The van der Waals surface area contributed by atoms with Crippen LogP contribution in [-0.4, -0.2) is 23.7 Å². The Morgan fingerprint density at radius 3 is 2.88 bits per heavy atom. The smallest absolute Gasteiger partial charge is 0.223 e. The zero-order valence-corrected chi connectivity index (χ0v) is 10.8. The number of hydrogen-bond donors (Lipinski definition) is 2. The van der Waals surface area contributed by atoms with Gasteiger partial charge in [-0.05, 0) is 19.3 Å². The first kappa shape index (κ1) is 13.5. The maximum atomic E-state index is 11.9. The van der Waals surface area contributed by atoms with E-state index in [0.717, 1.165) is 32.1 Å². The van der Waals surface area contributed by atoms with E-state index in [4.69, 9.17) is 0 Å². The van der Waals surface area contributed by atoms with Crippen LogP contribution < -0.4 is 5.32 Å². The molecule has 16 heavy (non-hydrogen) atoms. The van der Waals surface area contributed by atoms with E-state index < -0.39 is 0 Å². The van der Waals surface area contributed by atoms with Gasteiger partial charge in [0.15, 0.2) is 0 Å². The Bertz CT molecular complexity index is 242. The first-order chi connectivity index (χ1) is 7.53. The van der Waals surface area contributed by atoms with Gasteiger partial charge in [0.25, 0.3) is 0 Å². The van der Waals surface area contributed by atoms with Crippen molar-refractivity contribution in [2.24, 2.45) is 11.3 Å². The second-order valence-corrected chi connectivity index (χ2v) is 5.46. The summed E-state index contributed by atoms with van der Waals surface area (Å²) in [6.07, 6.45) is 5.09. The average molecular weight is 227 g/mol. The summed E-state index contributed by atoms with van der Waals surface area (Å²) in [6.45, 7) is 6.30. The highest BCUT2D eigenvalue weighted by atomic mass is 16.3. The Morgan fingerprint density at radius 2 is 2.31 bits per heavy atom. The molecule has 1 amide bonds. The Kier molecular flexibility index (Phi) is 4.78. The van der Waals surface area contributed by atoms with Crippen molar-refractivity contribution in [3.8, 4) is 0 Å². The number of amides is 1. The van der Waals surface area contributed by atoms with Gasteiger partial charge in [-0.25, -0.2) is 0 Å². The molecule has 1 aliphatic carbocycles. The van der Waals surface area contributed by atoms with E-state index in [1.807, 2.05) is 6.92 Å². The lowest BCUT2D eigenvalue weighted by molar-refractivity contribution is -0.126. The van der Waals surface area contributed by atoms with Crippen molar-refractivity contribution in [1.82, 2.24) is 5.32 Å². The van der Waals surface area contributed by atoms with Crippen LogP contribution in [0.1, 0.15) is 52.9 Å². The quantitative estimate of drug-likeness (QED) is 0.755. The molecule has 3 unspecified atom stereocenters. The molecule has 94 valence electrons. The normalized spacial score (nSPS) is 31.4. The van der Waals surface area contributed by atoms with Gasteiger partial charge < -0.3 is 10.4 Å². The Balaban J connectivity index is 2.50. The van der Waals surface area contributed by atoms with Crippen LogP contribution in [0.25, 0.3) is 0 Å². The number of nitrogens with one attached hydrogen (secondary N) is 1. The summed E-state index contributed by atoms with van der Waals surface area (Å²) in [7, 11) is 0. The van der Waals surface area contributed by atoms with Gasteiger partial charge >= 0.3 is 0 Å². The van der Waals surface area contributed by atoms with Gasteiger partial charge in [-0.3, -0.25) is 4.79 Å². The molecule has 1 fully saturated rings. The maximum absolute atomic E-state index is 11.9. The van der Waals surface area contributed by atoms with Gasteiger partial charge in [0.05, 0.1) is 6.61 Å². The summed E-state index contributed by atoms with van der Waals surface area (Å²) in [5, 5.41) is 12.5. The molecule has 0 saturated heterocycles. The highest BCUT2D eigenvalue weighted by molar-refractivity contribution is 5.78. The summed E-state index contributed by atoms with van der Waals surface area (Å²) in [4.78, 5) is 11.9. The van der Waals surface area contributed by atoms with Crippen LogP contribution in [0.3, 0.4) is 0 Å². The second-order valence-electron chi connectivity index (χ2n) is 5.46. The number of aliphatic hydroxyl groups is 1. The van der Waals surface area contributed by atoms with Crippen LogP contribution in [-0.2, 0) is 4.79 Å². The van der Waals surface area contributed by atoms with Crippen molar-refractivity contribution in [3.63, 3.8) is 0 Å². The molecule has 0 bridgehead atoms. The number of rotatable bonds is 5. The second kappa shape index (κ2) is 5.67. The molecule has 1 aliphatic rings. The van der Waals surface area contributed by atoms with Crippen molar-refractivity contribution in [2.75, 3.05) is 6.61 Å². The van der Waals surface area contributed by atoms with Crippen LogP contribution >= 0.6 is 0 Å². The number of carbonyl (C=O) groups excluding carboxylic acids is 1. The summed E-state index contributed by atoms with van der Waals surface area (Å²) >= 11 is 0. The van der Waals surface area contributed by atoms with E-state index in [-0.39, 0.29) is 29.9 Å². The molecule has 3 heteroatoms. The Labute approximate surface area is 98.6 Å². The highest BCUT2D eigenvalue weighted by Crippen LogP contribution is 2.37. The predicted octanol–water partition coefficient (Wildman–Crippen LogP) is 2.09. The topological polar surface area (TPSA) is 49.3 Å².